The van der Waals surface area contributed by atoms with E-state index in [-0.39, 0.29) is 24.6 Å². The van der Waals surface area contributed by atoms with Gasteiger partial charge < -0.3 is 15.4 Å². The molecule has 0 spiro atoms. The molecule has 21 heavy (non-hydrogen) atoms. The minimum atomic E-state index is 0.00412. The molecule has 0 heterocycles. The van der Waals surface area contributed by atoms with E-state index in [1.807, 2.05) is 38.1 Å². The van der Waals surface area contributed by atoms with Gasteiger partial charge in [0.2, 0.25) is 5.91 Å². The summed E-state index contributed by atoms with van der Waals surface area (Å²) in [6.07, 6.45) is 1.16. The Hall–Kier alpha value is -1.71. The first kappa shape index (κ1) is 17.3. The molecule has 0 aromatic heterocycles. The van der Waals surface area contributed by atoms with Gasteiger partial charge in [0, 0.05) is 17.8 Å². The quantitative estimate of drug-likeness (QED) is 0.771. The van der Waals surface area contributed by atoms with E-state index in [4.69, 9.17) is 4.74 Å². The van der Waals surface area contributed by atoms with E-state index in [0.717, 1.165) is 17.9 Å². The van der Waals surface area contributed by atoms with Gasteiger partial charge in [0.1, 0.15) is 5.75 Å². The van der Waals surface area contributed by atoms with Crippen molar-refractivity contribution >= 4 is 11.6 Å². The van der Waals surface area contributed by atoms with Crippen LogP contribution in [0.4, 0.5) is 5.69 Å². The summed E-state index contributed by atoms with van der Waals surface area (Å²) >= 11 is 0. The van der Waals surface area contributed by atoms with Gasteiger partial charge in [-0.05, 0) is 38.3 Å². The van der Waals surface area contributed by atoms with Crippen molar-refractivity contribution < 1.29 is 9.53 Å². The summed E-state index contributed by atoms with van der Waals surface area (Å²) in [5.74, 6) is 1.26. The van der Waals surface area contributed by atoms with Crippen molar-refractivity contribution in [3.05, 3.63) is 24.3 Å². The molecule has 4 heteroatoms. The number of amides is 1. The van der Waals surface area contributed by atoms with Crippen LogP contribution in [-0.2, 0) is 4.79 Å². The first-order valence-electron chi connectivity index (χ1n) is 7.72. The molecule has 4 nitrogen and oxygen atoms in total. The van der Waals surface area contributed by atoms with E-state index in [1.54, 1.807) is 0 Å². The van der Waals surface area contributed by atoms with Crippen LogP contribution in [-0.4, -0.2) is 24.6 Å². The first-order chi connectivity index (χ1) is 9.92. The molecule has 2 unspecified atom stereocenters. The molecule has 0 aliphatic heterocycles. The summed E-state index contributed by atoms with van der Waals surface area (Å²) in [5.41, 5.74) is 0.892. The Morgan fingerprint density at radius 2 is 1.95 bits per heavy atom. The predicted octanol–water partition coefficient (Wildman–Crippen LogP) is 3.44. The summed E-state index contributed by atoms with van der Waals surface area (Å²) in [6.45, 7) is 10.6. The molecule has 2 atom stereocenters. The third-order valence-electron chi connectivity index (χ3n) is 3.59. The second-order valence-electron chi connectivity index (χ2n) is 5.82. The van der Waals surface area contributed by atoms with E-state index >= 15 is 0 Å². The first-order valence-corrected chi connectivity index (χ1v) is 7.72. The molecule has 1 amide bonds. The van der Waals surface area contributed by atoms with Gasteiger partial charge in [-0.2, -0.15) is 0 Å². The molecule has 0 fully saturated rings. The smallest absolute Gasteiger partial charge is 0.239 e. The highest BCUT2D eigenvalue weighted by Crippen LogP contribution is 2.19. The van der Waals surface area contributed by atoms with Crippen LogP contribution in [0.1, 0.15) is 41.0 Å². The zero-order chi connectivity index (χ0) is 15.8. The van der Waals surface area contributed by atoms with Crippen molar-refractivity contribution in [1.82, 2.24) is 5.32 Å². The van der Waals surface area contributed by atoms with Crippen LogP contribution in [0.3, 0.4) is 0 Å². The zero-order valence-electron chi connectivity index (χ0n) is 13.8. The number of benzene rings is 1. The Labute approximate surface area is 128 Å². The van der Waals surface area contributed by atoms with E-state index in [0.29, 0.717) is 5.92 Å². The fourth-order valence-corrected chi connectivity index (χ4v) is 1.65. The number of hydrogen-bond donors (Lipinski definition) is 2. The van der Waals surface area contributed by atoms with E-state index in [9.17, 15) is 4.79 Å². The number of ether oxygens (including phenoxy) is 1. The predicted molar refractivity (Wildman–Crippen MR) is 87.8 cm³/mol. The van der Waals surface area contributed by atoms with Gasteiger partial charge in [-0.1, -0.05) is 26.8 Å². The Morgan fingerprint density at radius 1 is 1.24 bits per heavy atom. The minimum absolute atomic E-state index is 0.00412. The Morgan fingerprint density at radius 3 is 2.57 bits per heavy atom. The molecular weight excluding hydrogens is 264 g/mol. The summed E-state index contributed by atoms with van der Waals surface area (Å²) in [7, 11) is 0. The monoisotopic (exact) mass is 292 g/mol. The van der Waals surface area contributed by atoms with Crippen LogP contribution < -0.4 is 15.4 Å². The van der Waals surface area contributed by atoms with E-state index in [2.05, 4.69) is 31.4 Å². The number of carbonyl (C=O) groups excluding carboxylic acids is 1. The standard InChI is InChI=1S/C17H28N2O2/c1-6-13(4)21-16-9-7-8-15(10-16)18-11-17(20)19-14(5)12(2)3/h7-10,12-14,18H,6,11H2,1-5H3,(H,19,20). The molecule has 0 radical (unpaired) electrons. The lowest BCUT2D eigenvalue weighted by molar-refractivity contribution is -0.120. The number of nitrogens with one attached hydrogen (secondary N) is 2. The second kappa shape index (κ2) is 8.55. The topological polar surface area (TPSA) is 50.4 Å². The van der Waals surface area contributed by atoms with Gasteiger partial charge in [-0.25, -0.2) is 0 Å². The summed E-state index contributed by atoms with van der Waals surface area (Å²) in [4.78, 5) is 11.8. The van der Waals surface area contributed by atoms with Crippen molar-refractivity contribution in [3.8, 4) is 5.75 Å². The van der Waals surface area contributed by atoms with Crippen molar-refractivity contribution in [2.45, 2.75) is 53.2 Å². The van der Waals surface area contributed by atoms with Crippen LogP contribution >= 0.6 is 0 Å². The maximum atomic E-state index is 11.8. The third-order valence-corrected chi connectivity index (χ3v) is 3.59. The van der Waals surface area contributed by atoms with Crippen molar-refractivity contribution in [2.75, 3.05) is 11.9 Å². The SMILES string of the molecule is CCC(C)Oc1cccc(NCC(=O)NC(C)C(C)C)c1. The minimum Gasteiger partial charge on any atom is -0.491 e. The fraction of sp³-hybridized carbons (Fsp3) is 0.588. The van der Waals surface area contributed by atoms with Gasteiger partial charge in [-0.15, -0.1) is 0 Å². The lowest BCUT2D eigenvalue weighted by Crippen LogP contribution is -2.39. The average molecular weight is 292 g/mol. The highest BCUT2D eigenvalue weighted by Gasteiger charge is 2.10. The number of rotatable bonds is 8. The molecule has 1 aromatic carbocycles. The van der Waals surface area contributed by atoms with Gasteiger partial charge in [0.05, 0.1) is 12.6 Å². The fourth-order valence-electron chi connectivity index (χ4n) is 1.65. The van der Waals surface area contributed by atoms with Gasteiger partial charge in [0.15, 0.2) is 0 Å². The third kappa shape index (κ3) is 6.52. The van der Waals surface area contributed by atoms with Gasteiger partial charge in [0.25, 0.3) is 0 Å². The number of anilines is 1. The Kier molecular flexibility index (Phi) is 7.06. The molecule has 1 rings (SSSR count). The van der Waals surface area contributed by atoms with Crippen molar-refractivity contribution in [3.63, 3.8) is 0 Å². The lowest BCUT2D eigenvalue weighted by atomic mass is 10.1. The zero-order valence-corrected chi connectivity index (χ0v) is 13.8. The molecule has 0 aliphatic carbocycles. The molecule has 0 saturated carbocycles. The number of hydrogen-bond acceptors (Lipinski definition) is 3. The van der Waals surface area contributed by atoms with Crippen LogP contribution in [0.5, 0.6) is 5.75 Å². The average Bonchev–Trinajstić information content (AvgIpc) is 2.45. The normalized spacial score (nSPS) is 13.6. The summed E-state index contributed by atoms with van der Waals surface area (Å²) in [6, 6.07) is 7.89. The van der Waals surface area contributed by atoms with Crippen LogP contribution in [0.25, 0.3) is 0 Å². The summed E-state index contributed by atoms with van der Waals surface area (Å²) < 4.78 is 5.77. The Balaban J connectivity index is 2.48. The number of carbonyl (C=O) groups is 1. The van der Waals surface area contributed by atoms with Gasteiger partial charge >= 0.3 is 0 Å². The highest BCUT2D eigenvalue weighted by molar-refractivity contribution is 5.81. The molecule has 0 aliphatic rings. The molecular formula is C17H28N2O2. The van der Waals surface area contributed by atoms with Crippen LogP contribution in [0.15, 0.2) is 24.3 Å². The second-order valence-corrected chi connectivity index (χ2v) is 5.82. The molecule has 0 bridgehead atoms. The maximum absolute atomic E-state index is 11.8. The maximum Gasteiger partial charge on any atom is 0.239 e. The largest absolute Gasteiger partial charge is 0.491 e. The molecule has 2 N–H and O–H groups in total. The van der Waals surface area contributed by atoms with Crippen molar-refractivity contribution in [1.29, 1.82) is 0 Å². The molecule has 118 valence electrons. The van der Waals surface area contributed by atoms with Crippen LogP contribution in [0.2, 0.25) is 0 Å². The Bertz CT molecular complexity index is 446. The molecule has 0 saturated heterocycles. The lowest BCUT2D eigenvalue weighted by Gasteiger charge is -2.18. The summed E-state index contributed by atoms with van der Waals surface area (Å²) in [5, 5.41) is 6.10. The van der Waals surface area contributed by atoms with Crippen LogP contribution in [0, 0.1) is 5.92 Å². The highest BCUT2D eigenvalue weighted by atomic mass is 16.5. The van der Waals surface area contributed by atoms with Gasteiger partial charge in [-0.3, -0.25) is 4.79 Å². The van der Waals surface area contributed by atoms with E-state index < -0.39 is 0 Å². The van der Waals surface area contributed by atoms with Crippen molar-refractivity contribution in [2.24, 2.45) is 5.92 Å². The van der Waals surface area contributed by atoms with E-state index in [1.165, 1.54) is 0 Å². The molecule has 1 aromatic rings.